The van der Waals surface area contributed by atoms with Gasteiger partial charge in [-0.2, -0.15) is 0 Å². The normalized spacial score (nSPS) is 23.8. The number of fused-ring (bicyclic) bond motifs is 1. The molecular weight excluding hydrogens is 254 g/mol. The van der Waals surface area contributed by atoms with E-state index >= 15 is 0 Å². The molecule has 1 aromatic rings. The van der Waals surface area contributed by atoms with Crippen molar-refractivity contribution in [3.05, 3.63) is 15.9 Å². The molecule has 1 fully saturated rings. The average Bonchev–Trinajstić information content (AvgIpc) is 2.76. The number of carbonyl (C=O) groups excluding carboxylic acids is 1. The first-order chi connectivity index (χ1) is 9.58. The summed E-state index contributed by atoms with van der Waals surface area (Å²) in [5.74, 6) is 1.09. The average molecular weight is 277 g/mol. The van der Waals surface area contributed by atoms with Gasteiger partial charge in [0.1, 0.15) is 5.82 Å². The van der Waals surface area contributed by atoms with Gasteiger partial charge in [0.2, 0.25) is 5.91 Å². The summed E-state index contributed by atoms with van der Waals surface area (Å²) in [5.41, 5.74) is 0.759. The number of hydrogen-bond donors (Lipinski definition) is 2. The Morgan fingerprint density at radius 1 is 1.15 bits per heavy atom. The summed E-state index contributed by atoms with van der Waals surface area (Å²) in [7, 11) is 0. The van der Waals surface area contributed by atoms with Crippen LogP contribution < -0.4 is 10.9 Å². The Kier molecular flexibility index (Phi) is 3.44. The first kappa shape index (κ1) is 13.5. The van der Waals surface area contributed by atoms with Crippen LogP contribution in [-0.4, -0.2) is 15.7 Å². The molecule has 0 saturated heterocycles. The zero-order valence-corrected chi connectivity index (χ0v) is 12.2. The number of amides is 1. The van der Waals surface area contributed by atoms with Gasteiger partial charge in [0, 0.05) is 12.3 Å². The minimum absolute atomic E-state index is 0.0238. The molecule has 2 N–H and O–H groups in total. The molecule has 0 spiro atoms. The quantitative estimate of drug-likeness (QED) is 0.873. The van der Waals surface area contributed by atoms with Crippen LogP contribution in [-0.2, 0) is 4.79 Å². The Labute approximate surface area is 118 Å². The highest BCUT2D eigenvalue weighted by molar-refractivity contribution is 5.93. The lowest BCUT2D eigenvalue weighted by Crippen LogP contribution is -2.29. The summed E-state index contributed by atoms with van der Waals surface area (Å²) in [6.45, 7) is 4.15. The molecule has 20 heavy (non-hydrogen) atoms. The summed E-state index contributed by atoms with van der Waals surface area (Å²) in [6, 6.07) is 0.325. The second-order valence-corrected chi connectivity index (χ2v) is 6.47. The van der Waals surface area contributed by atoms with Gasteiger partial charge in [-0.1, -0.05) is 33.1 Å². The van der Waals surface area contributed by atoms with Crippen LogP contribution in [0, 0.1) is 5.92 Å². The highest BCUT2D eigenvalue weighted by Gasteiger charge is 2.34. The van der Waals surface area contributed by atoms with Crippen molar-refractivity contribution in [1.82, 2.24) is 9.78 Å². The summed E-state index contributed by atoms with van der Waals surface area (Å²) in [6.07, 6.45) is 6.24. The zero-order chi connectivity index (χ0) is 14.3. The Morgan fingerprint density at radius 3 is 2.50 bits per heavy atom. The van der Waals surface area contributed by atoms with Crippen molar-refractivity contribution < 1.29 is 4.79 Å². The largest absolute Gasteiger partial charge is 0.311 e. The van der Waals surface area contributed by atoms with E-state index in [0.717, 1.165) is 24.2 Å². The van der Waals surface area contributed by atoms with Crippen LogP contribution in [0.1, 0.15) is 69.9 Å². The molecule has 0 aromatic carbocycles. The van der Waals surface area contributed by atoms with Crippen LogP contribution in [0.5, 0.6) is 0 Å². The summed E-state index contributed by atoms with van der Waals surface area (Å²) >= 11 is 0. The highest BCUT2D eigenvalue weighted by Crippen LogP contribution is 2.38. The van der Waals surface area contributed by atoms with Gasteiger partial charge in [0.25, 0.3) is 5.56 Å². The predicted molar refractivity (Wildman–Crippen MR) is 78.0 cm³/mol. The molecule has 1 aromatic heterocycles. The number of hydrogen-bond acceptors (Lipinski definition) is 2. The number of carbonyl (C=O) groups is 1. The monoisotopic (exact) mass is 277 g/mol. The first-order valence-electron chi connectivity index (χ1n) is 7.72. The maximum absolute atomic E-state index is 12.3. The Morgan fingerprint density at radius 2 is 1.85 bits per heavy atom. The van der Waals surface area contributed by atoms with Gasteiger partial charge >= 0.3 is 0 Å². The number of nitrogens with one attached hydrogen (secondary N) is 2. The summed E-state index contributed by atoms with van der Waals surface area (Å²) in [4.78, 5) is 24.3. The van der Waals surface area contributed by atoms with E-state index in [1.54, 1.807) is 0 Å². The van der Waals surface area contributed by atoms with Crippen molar-refractivity contribution in [3.63, 3.8) is 0 Å². The molecule has 0 radical (unpaired) electrons. The van der Waals surface area contributed by atoms with Crippen LogP contribution in [0.3, 0.4) is 0 Å². The SMILES string of the molecule is CC(C)[C@H]1CC(=O)Nc2c1c(=O)[nH]n2C1CCCCC1. The van der Waals surface area contributed by atoms with Crippen LogP contribution in [0.15, 0.2) is 4.79 Å². The molecule has 3 rings (SSSR count). The summed E-state index contributed by atoms with van der Waals surface area (Å²) < 4.78 is 1.93. The van der Waals surface area contributed by atoms with Crippen molar-refractivity contribution in [3.8, 4) is 0 Å². The molecule has 5 nitrogen and oxygen atoms in total. The van der Waals surface area contributed by atoms with E-state index in [1.165, 1.54) is 19.3 Å². The van der Waals surface area contributed by atoms with Gasteiger partial charge < -0.3 is 5.32 Å². The van der Waals surface area contributed by atoms with Gasteiger partial charge in [-0.05, 0) is 18.8 Å². The van der Waals surface area contributed by atoms with Gasteiger partial charge in [-0.15, -0.1) is 0 Å². The first-order valence-corrected chi connectivity index (χ1v) is 7.72. The van der Waals surface area contributed by atoms with E-state index in [9.17, 15) is 9.59 Å². The predicted octanol–water partition coefficient (Wildman–Crippen LogP) is 2.76. The lowest BCUT2D eigenvalue weighted by molar-refractivity contribution is -0.117. The van der Waals surface area contributed by atoms with E-state index in [-0.39, 0.29) is 17.4 Å². The highest BCUT2D eigenvalue weighted by atomic mass is 16.2. The molecule has 2 heterocycles. The zero-order valence-electron chi connectivity index (χ0n) is 12.2. The second-order valence-electron chi connectivity index (χ2n) is 6.47. The van der Waals surface area contributed by atoms with Crippen molar-refractivity contribution in [2.24, 2.45) is 5.92 Å². The van der Waals surface area contributed by atoms with E-state index < -0.39 is 0 Å². The topological polar surface area (TPSA) is 66.9 Å². The van der Waals surface area contributed by atoms with Crippen molar-refractivity contribution >= 4 is 11.7 Å². The fourth-order valence-electron chi connectivity index (χ4n) is 3.60. The Balaban J connectivity index is 2.04. The standard InChI is InChI=1S/C15H23N3O2/c1-9(2)11-8-12(19)16-14-13(11)15(20)17-18(14)10-6-4-3-5-7-10/h9-11H,3-8H2,1-2H3,(H,16,19)(H,17,20)/t11-/m1/s1. The van der Waals surface area contributed by atoms with E-state index in [0.29, 0.717) is 18.4 Å². The molecule has 1 aliphatic heterocycles. The number of rotatable bonds is 2. The number of aromatic amines is 1. The van der Waals surface area contributed by atoms with Crippen molar-refractivity contribution in [1.29, 1.82) is 0 Å². The lowest BCUT2D eigenvalue weighted by Gasteiger charge is -2.29. The maximum atomic E-state index is 12.3. The number of H-pyrrole nitrogens is 1. The number of nitrogens with zero attached hydrogens (tertiary/aromatic N) is 1. The molecule has 1 aliphatic carbocycles. The lowest BCUT2D eigenvalue weighted by atomic mass is 9.84. The fourth-order valence-corrected chi connectivity index (χ4v) is 3.60. The molecule has 1 atom stereocenters. The van der Waals surface area contributed by atoms with Gasteiger partial charge in [0.05, 0.1) is 11.6 Å². The van der Waals surface area contributed by atoms with Crippen LogP contribution in [0.25, 0.3) is 0 Å². The second kappa shape index (κ2) is 5.11. The van der Waals surface area contributed by atoms with Gasteiger partial charge in [-0.25, -0.2) is 0 Å². The summed E-state index contributed by atoms with van der Waals surface area (Å²) in [5, 5.41) is 5.90. The number of anilines is 1. The fraction of sp³-hybridized carbons (Fsp3) is 0.733. The third kappa shape index (κ3) is 2.19. The van der Waals surface area contributed by atoms with Crippen molar-refractivity contribution in [2.75, 3.05) is 5.32 Å². The molecule has 1 amide bonds. The molecule has 2 aliphatic rings. The third-order valence-corrected chi connectivity index (χ3v) is 4.74. The Bertz CT molecular complexity index is 564. The molecule has 1 saturated carbocycles. The van der Waals surface area contributed by atoms with E-state index in [2.05, 4.69) is 24.3 Å². The van der Waals surface area contributed by atoms with Gasteiger partial charge in [0.15, 0.2) is 0 Å². The van der Waals surface area contributed by atoms with Gasteiger partial charge in [-0.3, -0.25) is 19.4 Å². The number of aromatic nitrogens is 2. The minimum atomic E-state index is -0.0238. The van der Waals surface area contributed by atoms with E-state index in [1.807, 2.05) is 4.68 Å². The molecular formula is C15H23N3O2. The molecule has 0 bridgehead atoms. The maximum Gasteiger partial charge on any atom is 0.269 e. The molecule has 110 valence electrons. The van der Waals surface area contributed by atoms with Crippen molar-refractivity contribution in [2.45, 2.75) is 64.3 Å². The molecule has 5 heteroatoms. The smallest absolute Gasteiger partial charge is 0.269 e. The van der Waals surface area contributed by atoms with Crippen LogP contribution in [0.4, 0.5) is 5.82 Å². The van der Waals surface area contributed by atoms with Crippen LogP contribution >= 0.6 is 0 Å². The third-order valence-electron chi connectivity index (χ3n) is 4.74. The minimum Gasteiger partial charge on any atom is -0.311 e. The van der Waals surface area contributed by atoms with E-state index in [4.69, 9.17) is 0 Å². The molecule has 0 unspecified atom stereocenters. The van der Waals surface area contributed by atoms with Crippen LogP contribution in [0.2, 0.25) is 0 Å². The Hall–Kier alpha value is -1.52.